The molecule has 0 aromatic heterocycles. The molecular formula is C21H18Br2F6N2O2. The van der Waals surface area contributed by atoms with Crippen LogP contribution in [0.4, 0.5) is 36.8 Å². The number of piperazine rings is 1. The smallest absolute Gasteiger partial charge is 0.410 e. The summed E-state index contributed by atoms with van der Waals surface area (Å²) in [6.45, 7) is 3.65. The lowest BCUT2D eigenvalue weighted by atomic mass is 10.00. The third-order valence-electron chi connectivity index (χ3n) is 4.90. The van der Waals surface area contributed by atoms with Gasteiger partial charge in [0.15, 0.2) is 29.1 Å². The number of benzene rings is 2. The van der Waals surface area contributed by atoms with Crippen molar-refractivity contribution in [1.29, 1.82) is 0 Å². The number of carbonyl (C=O) groups excluding carboxylic acids is 1. The minimum absolute atomic E-state index is 0.215. The number of halogens is 8. The summed E-state index contributed by atoms with van der Waals surface area (Å²) in [5.41, 5.74) is -2.57. The van der Waals surface area contributed by atoms with Crippen LogP contribution in [-0.4, -0.2) is 36.2 Å². The fourth-order valence-corrected chi connectivity index (χ4v) is 4.25. The lowest BCUT2D eigenvalue weighted by molar-refractivity contribution is 0.0129. The molecule has 1 aliphatic rings. The van der Waals surface area contributed by atoms with Crippen LogP contribution in [-0.2, 0) is 4.74 Å². The summed E-state index contributed by atoms with van der Waals surface area (Å²) in [7, 11) is 0. The van der Waals surface area contributed by atoms with Gasteiger partial charge in [0, 0.05) is 19.6 Å². The normalized spacial score (nSPS) is 16.9. The molecule has 3 rings (SSSR count). The molecule has 1 amide bonds. The first-order valence-corrected chi connectivity index (χ1v) is 11.2. The Balaban J connectivity index is 2.11. The molecule has 2 aromatic rings. The molecule has 180 valence electrons. The first kappa shape index (κ1) is 25.7. The molecule has 1 heterocycles. The van der Waals surface area contributed by atoms with Crippen LogP contribution in [0.3, 0.4) is 0 Å². The summed E-state index contributed by atoms with van der Waals surface area (Å²) in [5, 5.41) is 0. The highest BCUT2D eigenvalue weighted by atomic mass is 79.9. The molecular weight excluding hydrogens is 586 g/mol. The number of hydrogen-bond donors (Lipinski definition) is 0. The summed E-state index contributed by atoms with van der Waals surface area (Å²) in [5.74, 6) is -8.18. The molecule has 0 N–H and O–H groups in total. The van der Waals surface area contributed by atoms with Gasteiger partial charge in [0.2, 0.25) is 0 Å². The molecule has 2 aromatic carbocycles. The highest BCUT2D eigenvalue weighted by Crippen LogP contribution is 2.38. The van der Waals surface area contributed by atoms with Crippen molar-refractivity contribution >= 4 is 43.6 Å². The summed E-state index contributed by atoms with van der Waals surface area (Å²) in [6.07, 6.45) is -0.961. The zero-order valence-corrected chi connectivity index (χ0v) is 20.8. The summed E-state index contributed by atoms with van der Waals surface area (Å²) >= 11 is 5.41. The summed E-state index contributed by atoms with van der Waals surface area (Å²) in [4.78, 5) is 14.7. The third kappa shape index (κ3) is 5.11. The van der Waals surface area contributed by atoms with Gasteiger partial charge in [0.05, 0.1) is 20.6 Å². The maximum absolute atomic E-state index is 14.8. The van der Waals surface area contributed by atoms with Crippen LogP contribution in [0.5, 0.6) is 0 Å². The second kappa shape index (κ2) is 9.36. The van der Waals surface area contributed by atoms with E-state index in [1.807, 2.05) is 0 Å². The largest absolute Gasteiger partial charge is 0.444 e. The van der Waals surface area contributed by atoms with Gasteiger partial charge in [0.1, 0.15) is 17.1 Å². The van der Waals surface area contributed by atoms with Crippen molar-refractivity contribution in [2.24, 2.45) is 0 Å². The van der Waals surface area contributed by atoms with Crippen LogP contribution < -0.4 is 4.90 Å². The lowest BCUT2D eigenvalue weighted by Crippen LogP contribution is -2.52. The van der Waals surface area contributed by atoms with Crippen LogP contribution in [0.1, 0.15) is 32.4 Å². The second-order valence-corrected chi connectivity index (χ2v) is 10.0. The number of rotatable bonds is 2. The van der Waals surface area contributed by atoms with Gasteiger partial charge in [-0.05, 0) is 64.8 Å². The maximum atomic E-state index is 14.8. The van der Waals surface area contributed by atoms with E-state index in [0.717, 1.165) is 9.80 Å². The molecule has 1 fully saturated rings. The van der Waals surface area contributed by atoms with Crippen molar-refractivity contribution in [2.45, 2.75) is 32.4 Å². The molecule has 0 radical (unpaired) electrons. The van der Waals surface area contributed by atoms with Crippen molar-refractivity contribution in [3.63, 3.8) is 0 Å². The van der Waals surface area contributed by atoms with Crippen molar-refractivity contribution in [3.8, 4) is 0 Å². The van der Waals surface area contributed by atoms with E-state index in [0.29, 0.717) is 12.1 Å². The zero-order chi connectivity index (χ0) is 24.8. The fraction of sp³-hybridized carbons (Fsp3) is 0.381. The standard InChI is InChI=1S/C21H18Br2F6N2O2/c1-21(2,3)33-20(32)31-5-4-30(19-12(25)7-10(23)16(27)18(19)29)8-13(31)14-11(24)6-9(22)15(26)17(14)28/h6-7,13H,4-5,8H2,1-3H3. The second-order valence-electron chi connectivity index (χ2n) is 8.33. The Morgan fingerprint density at radius 3 is 2.03 bits per heavy atom. The maximum Gasteiger partial charge on any atom is 0.410 e. The SMILES string of the molecule is CC(C)(C)OC(=O)N1CCN(c2c(F)cc(Br)c(F)c2F)CC1c1c(F)cc(Br)c(F)c1F. The molecule has 0 spiro atoms. The number of hydrogen-bond acceptors (Lipinski definition) is 3. The fourth-order valence-electron chi connectivity index (χ4n) is 3.50. The Labute approximate surface area is 202 Å². The average Bonchev–Trinajstić information content (AvgIpc) is 2.69. The number of amides is 1. The van der Waals surface area contributed by atoms with E-state index < -0.39 is 79.4 Å². The molecule has 1 unspecified atom stereocenters. The van der Waals surface area contributed by atoms with E-state index in [-0.39, 0.29) is 13.1 Å². The molecule has 0 bridgehead atoms. The Bertz CT molecular complexity index is 1110. The van der Waals surface area contributed by atoms with Gasteiger partial charge in [-0.3, -0.25) is 4.90 Å². The first-order chi connectivity index (χ1) is 15.2. The van der Waals surface area contributed by atoms with E-state index in [9.17, 15) is 31.1 Å². The van der Waals surface area contributed by atoms with Gasteiger partial charge < -0.3 is 9.64 Å². The molecule has 4 nitrogen and oxygen atoms in total. The van der Waals surface area contributed by atoms with E-state index in [2.05, 4.69) is 31.9 Å². The lowest BCUT2D eigenvalue weighted by Gasteiger charge is -2.43. The third-order valence-corrected chi connectivity index (χ3v) is 6.05. The summed E-state index contributed by atoms with van der Waals surface area (Å²) < 4.78 is 91.5. The monoisotopic (exact) mass is 602 g/mol. The highest BCUT2D eigenvalue weighted by Gasteiger charge is 2.40. The van der Waals surface area contributed by atoms with Crippen molar-refractivity contribution in [1.82, 2.24) is 4.90 Å². The van der Waals surface area contributed by atoms with Crippen molar-refractivity contribution < 1.29 is 35.9 Å². The van der Waals surface area contributed by atoms with Gasteiger partial charge in [0.25, 0.3) is 0 Å². The molecule has 0 aliphatic carbocycles. The van der Waals surface area contributed by atoms with Gasteiger partial charge >= 0.3 is 6.09 Å². The van der Waals surface area contributed by atoms with Crippen LogP contribution >= 0.6 is 31.9 Å². The Morgan fingerprint density at radius 1 is 0.909 bits per heavy atom. The van der Waals surface area contributed by atoms with E-state index in [4.69, 9.17) is 4.74 Å². The van der Waals surface area contributed by atoms with Crippen LogP contribution in [0.15, 0.2) is 21.1 Å². The molecule has 0 saturated carbocycles. The van der Waals surface area contributed by atoms with Gasteiger partial charge in [-0.25, -0.2) is 31.1 Å². The summed E-state index contributed by atoms with van der Waals surface area (Å²) in [6, 6.07) is -0.147. The number of carbonyl (C=O) groups is 1. The quantitative estimate of drug-likeness (QED) is 0.214. The van der Waals surface area contributed by atoms with Crippen LogP contribution in [0.2, 0.25) is 0 Å². The Morgan fingerprint density at radius 2 is 1.45 bits per heavy atom. The van der Waals surface area contributed by atoms with Crippen LogP contribution in [0, 0.1) is 34.9 Å². The molecule has 1 aliphatic heterocycles. The van der Waals surface area contributed by atoms with E-state index in [1.165, 1.54) is 0 Å². The molecule has 12 heteroatoms. The topological polar surface area (TPSA) is 32.8 Å². The molecule has 33 heavy (non-hydrogen) atoms. The van der Waals surface area contributed by atoms with Crippen molar-refractivity contribution in [3.05, 3.63) is 61.5 Å². The van der Waals surface area contributed by atoms with E-state index in [1.54, 1.807) is 20.8 Å². The molecule has 1 atom stereocenters. The molecule has 1 saturated heterocycles. The Kier molecular flexibility index (Phi) is 7.28. The number of anilines is 1. The van der Waals surface area contributed by atoms with Gasteiger partial charge in [-0.15, -0.1) is 0 Å². The van der Waals surface area contributed by atoms with Gasteiger partial charge in [-0.2, -0.15) is 0 Å². The predicted molar refractivity (Wildman–Crippen MR) is 116 cm³/mol. The van der Waals surface area contributed by atoms with Crippen molar-refractivity contribution in [2.75, 3.05) is 24.5 Å². The number of nitrogens with zero attached hydrogens (tertiary/aromatic N) is 2. The Hall–Kier alpha value is -1.95. The average molecular weight is 604 g/mol. The number of ether oxygens (including phenoxy) is 1. The van der Waals surface area contributed by atoms with Crippen LogP contribution in [0.25, 0.3) is 0 Å². The highest BCUT2D eigenvalue weighted by molar-refractivity contribution is 9.10. The zero-order valence-electron chi connectivity index (χ0n) is 17.6. The minimum Gasteiger partial charge on any atom is -0.444 e. The minimum atomic E-state index is -1.58. The predicted octanol–water partition coefficient (Wildman–Crippen LogP) is 6.84. The van der Waals surface area contributed by atoms with Gasteiger partial charge in [-0.1, -0.05) is 0 Å². The van der Waals surface area contributed by atoms with E-state index >= 15 is 0 Å². The first-order valence-electron chi connectivity index (χ1n) is 9.63.